The topological polar surface area (TPSA) is 51.2 Å². The summed E-state index contributed by atoms with van der Waals surface area (Å²) in [5, 5.41) is 3.94. The van der Waals surface area contributed by atoms with Crippen LogP contribution >= 0.6 is 11.3 Å². The highest BCUT2D eigenvalue weighted by molar-refractivity contribution is 7.21. The van der Waals surface area contributed by atoms with E-state index in [0.29, 0.717) is 18.1 Å². The fraction of sp³-hybridized carbons (Fsp3) is 0.231. The Balaban J connectivity index is 1.43. The van der Waals surface area contributed by atoms with E-state index in [9.17, 15) is 4.79 Å². The normalized spacial score (nSPS) is 11.1. The SMILES string of the molecule is Cc1ccc2nc(-c3ccc(NC(=O)c4cccc(OCCC(C)C)c4)cc3)sc2c1. The molecule has 0 spiro atoms. The Hall–Kier alpha value is -3.18. The number of hydrogen-bond donors (Lipinski definition) is 1. The number of aromatic nitrogens is 1. The highest BCUT2D eigenvalue weighted by Gasteiger charge is 2.10. The minimum Gasteiger partial charge on any atom is -0.494 e. The summed E-state index contributed by atoms with van der Waals surface area (Å²) in [4.78, 5) is 17.4. The summed E-state index contributed by atoms with van der Waals surface area (Å²) in [5.41, 5.74) is 4.61. The zero-order valence-electron chi connectivity index (χ0n) is 18.0. The third-order valence-corrected chi connectivity index (χ3v) is 6.06. The Kier molecular flexibility index (Phi) is 6.33. The van der Waals surface area contributed by atoms with Gasteiger partial charge in [0.15, 0.2) is 0 Å². The summed E-state index contributed by atoms with van der Waals surface area (Å²) in [6.45, 7) is 7.06. The summed E-state index contributed by atoms with van der Waals surface area (Å²) < 4.78 is 6.95. The average Bonchev–Trinajstić information content (AvgIpc) is 3.17. The van der Waals surface area contributed by atoms with Gasteiger partial charge >= 0.3 is 0 Å². The van der Waals surface area contributed by atoms with Gasteiger partial charge in [-0.3, -0.25) is 4.79 Å². The Morgan fingerprint density at radius 2 is 1.87 bits per heavy atom. The number of thiazole rings is 1. The molecule has 4 rings (SSSR count). The predicted molar refractivity (Wildman–Crippen MR) is 129 cm³/mol. The summed E-state index contributed by atoms with van der Waals surface area (Å²) in [6.07, 6.45) is 0.983. The van der Waals surface area contributed by atoms with Gasteiger partial charge < -0.3 is 10.1 Å². The molecule has 0 bridgehead atoms. The Bertz CT molecular complexity index is 1200. The standard InChI is InChI=1S/C26H26N2O2S/c1-17(2)13-14-30-22-6-4-5-20(16-22)25(29)27-21-10-8-19(9-11-21)26-28-23-12-7-18(3)15-24(23)31-26/h4-12,15-17H,13-14H2,1-3H3,(H,27,29). The van der Waals surface area contributed by atoms with Gasteiger partial charge in [0.1, 0.15) is 10.8 Å². The van der Waals surface area contributed by atoms with Crippen LogP contribution < -0.4 is 10.1 Å². The minimum absolute atomic E-state index is 0.155. The third-order valence-electron chi connectivity index (χ3n) is 4.99. The molecule has 0 unspecified atom stereocenters. The van der Waals surface area contributed by atoms with Crippen LogP contribution in [0, 0.1) is 12.8 Å². The number of fused-ring (bicyclic) bond motifs is 1. The van der Waals surface area contributed by atoms with Crippen molar-refractivity contribution < 1.29 is 9.53 Å². The van der Waals surface area contributed by atoms with Gasteiger partial charge in [-0.1, -0.05) is 26.0 Å². The van der Waals surface area contributed by atoms with E-state index < -0.39 is 0 Å². The molecule has 4 nitrogen and oxygen atoms in total. The molecular formula is C26H26N2O2S. The second-order valence-corrected chi connectivity index (χ2v) is 9.11. The molecular weight excluding hydrogens is 404 g/mol. The summed E-state index contributed by atoms with van der Waals surface area (Å²) in [6, 6.07) is 21.4. The molecule has 0 saturated carbocycles. The molecule has 0 aliphatic heterocycles. The number of aryl methyl sites for hydroxylation is 1. The van der Waals surface area contributed by atoms with Crippen molar-refractivity contribution in [3.63, 3.8) is 0 Å². The van der Waals surface area contributed by atoms with E-state index in [0.717, 1.165) is 33.9 Å². The molecule has 31 heavy (non-hydrogen) atoms. The first kappa shape index (κ1) is 21.1. The van der Waals surface area contributed by atoms with Crippen LogP contribution in [0.4, 0.5) is 5.69 Å². The van der Waals surface area contributed by atoms with Crippen molar-refractivity contribution in [2.75, 3.05) is 11.9 Å². The maximum atomic E-state index is 12.7. The molecule has 1 aromatic heterocycles. The van der Waals surface area contributed by atoms with E-state index in [4.69, 9.17) is 9.72 Å². The maximum absolute atomic E-state index is 12.7. The lowest BCUT2D eigenvalue weighted by molar-refractivity contribution is 0.102. The maximum Gasteiger partial charge on any atom is 0.255 e. The number of anilines is 1. The first-order chi connectivity index (χ1) is 15.0. The molecule has 0 aliphatic rings. The Morgan fingerprint density at radius 3 is 2.65 bits per heavy atom. The van der Waals surface area contributed by atoms with Gasteiger partial charge in [-0.25, -0.2) is 4.98 Å². The molecule has 1 N–H and O–H groups in total. The number of benzene rings is 3. The number of amides is 1. The zero-order chi connectivity index (χ0) is 21.8. The Labute approximate surface area is 186 Å². The summed E-state index contributed by atoms with van der Waals surface area (Å²) in [7, 11) is 0. The van der Waals surface area contributed by atoms with Gasteiger partial charge in [0, 0.05) is 16.8 Å². The Morgan fingerprint density at radius 1 is 1.06 bits per heavy atom. The highest BCUT2D eigenvalue weighted by Crippen LogP contribution is 2.31. The van der Waals surface area contributed by atoms with Crippen molar-refractivity contribution in [1.82, 2.24) is 4.98 Å². The minimum atomic E-state index is -0.155. The quantitative estimate of drug-likeness (QED) is 0.345. The van der Waals surface area contributed by atoms with E-state index in [1.807, 2.05) is 36.4 Å². The highest BCUT2D eigenvalue weighted by atomic mass is 32.1. The van der Waals surface area contributed by atoms with E-state index in [1.165, 1.54) is 10.3 Å². The van der Waals surface area contributed by atoms with Crippen LogP contribution in [0.15, 0.2) is 66.7 Å². The third kappa shape index (κ3) is 5.30. The fourth-order valence-corrected chi connectivity index (χ4v) is 4.26. The molecule has 1 amide bonds. The largest absolute Gasteiger partial charge is 0.494 e. The average molecular weight is 431 g/mol. The fourth-order valence-electron chi connectivity index (χ4n) is 3.19. The van der Waals surface area contributed by atoms with Crippen molar-refractivity contribution in [2.24, 2.45) is 5.92 Å². The molecule has 0 radical (unpaired) electrons. The molecule has 3 aromatic carbocycles. The monoisotopic (exact) mass is 430 g/mol. The van der Waals surface area contributed by atoms with Crippen molar-refractivity contribution in [1.29, 1.82) is 0 Å². The number of nitrogens with zero attached hydrogens (tertiary/aromatic N) is 1. The molecule has 0 aliphatic carbocycles. The number of carbonyl (C=O) groups is 1. The van der Waals surface area contributed by atoms with Crippen LogP contribution in [0.3, 0.4) is 0 Å². The number of carbonyl (C=O) groups excluding carboxylic acids is 1. The van der Waals surface area contributed by atoms with Gasteiger partial charge in [0.25, 0.3) is 5.91 Å². The second-order valence-electron chi connectivity index (χ2n) is 8.08. The predicted octanol–water partition coefficient (Wildman–Crippen LogP) is 6.95. The molecule has 5 heteroatoms. The second kappa shape index (κ2) is 9.31. The number of nitrogens with one attached hydrogen (secondary N) is 1. The van der Waals surface area contributed by atoms with Crippen LogP contribution in [0.5, 0.6) is 5.75 Å². The number of hydrogen-bond acceptors (Lipinski definition) is 4. The molecule has 0 fully saturated rings. The van der Waals surface area contributed by atoms with E-state index in [2.05, 4.69) is 44.3 Å². The molecule has 0 atom stereocenters. The van der Waals surface area contributed by atoms with Gasteiger partial charge in [-0.05, 0) is 79.4 Å². The van der Waals surface area contributed by atoms with Gasteiger partial charge in [-0.15, -0.1) is 11.3 Å². The molecule has 1 heterocycles. The lowest BCUT2D eigenvalue weighted by atomic mass is 10.1. The van der Waals surface area contributed by atoms with E-state index in [-0.39, 0.29) is 5.91 Å². The summed E-state index contributed by atoms with van der Waals surface area (Å²) in [5.74, 6) is 1.15. The van der Waals surface area contributed by atoms with Crippen molar-refractivity contribution in [3.8, 4) is 16.3 Å². The molecule has 4 aromatic rings. The van der Waals surface area contributed by atoms with Crippen LogP contribution in [-0.4, -0.2) is 17.5 Å². The smallest absolute Gasteiger partial charge is 0.255 e. The van der Waals surface area contributed by atoms with Crippen LogP contribution in [0.2, 0.25) is 0 Å². The van der Waals surface area contributed by atoms with E-state index >= 15 is 0 Å². The summed E-state index contributed by atoms with van der Waals surface area (Å²) >= 11 is 1.68. The zero-order valence-corrected chi connectivity index (χ0v) is 18.8. The van der Waals surface area contributed by atoms with Crippen molar-refractivity contribution in [3.05, 3.63) is 77.9 Å². The first-order valence-electron chi connectivity index (χ1n) is 10.5. The van der Waals surface area contributed by atoms with Crippen LogP contribution in [0.25, 0.3) is 20.8 Å². The van der Waals surface area contributed by atoms with Gasteiger partial charge in [0.05, 0.1) is 16.8 Å². The lowest BCUT2D eigenvalue weighted by Gasteiger charge is -2.10. The van der Waals surface area contributed by atoms with E-state index in [1.54, 1.807) is 23.5 Å². The molecule has 0 saturated heterocycles. The lowest BCUT2D eigenvalue weighted by Crippen LogP contribution is -2.12. The van der Waals surface area contributed by atoms with Crippen LogP contribution in [-0.2, 0) is 0 Å². The van der Waals surface area contributed by atoms with Crippen LogP contribution in [0.1, 0.15) is 36.2 Å². The van der Waals surface area contributed by atoms with Gasteiger partial charge in [-0.2, -0.15) is 0 Å². The molecule has 158 valence electrons. The van der Waals surface area contributed by atoms with Gasteiger partial charge in [0.2, 0.25) is 0 Å². The van der Waals surface area contributed by atoms with Crippen molar-refractivity contribution >= 4 is 33.1 Å². The van der Waals surface area contributed by atoms with Crippen molar-refractivity contribution in [2.45, 2.75) is 27.2 Å². The number of rotatable bonds is 7. The number of ether oxygens (including phenoxy) is 1. The first-order valence-corrected chi connectivity index (χ1v) is 11.3.